The highest BCUT2D eigenvalue weighted by Crippen LogP contribution is 2.22. The van der Waals surface area contributed by atoms with Gasteiger partial charge in [0.05, 0.1) is 16.4 Å². The van der Waals surface area contributed by atoms with E-state index in [1.54, 1.807) is 6.20 Å². The molecule has 18 heavy (non-hydrogen) atoms. The molecule has 1 unspecified atom stereocenters. The largest absolute Gasteiger partial charge is 0.327 e. The van der Waals surface area contributed by atoms with Crippen LogP contribution in [-0.2, 0) is 6.42 Å². The highest BCUT2D eigenvalue weighted by Gasteiger charge is 2.10. The lowest BCUT2D eigenvalue weighted by Gasteiger charge is -2.13. The van der Waals surface area contributed by atoms with Crippen LogP contribution in [0, 0.1) is 0 Å². The molecule has 0 saturated carbocycles. The Morgan fingerprint density at radius 3 is 2.89 bits per heavy atom. The maximum absolute atomic E-state index is 6.06. The third kappa shape index (κ3) is 3.13. The number of hydrogen-bond donors (Lipinski definition) is 1. The summed E-state index contributed by atoms with van der Waals surface area (Å²) in [5.74, 6) is 0. The predicted octanol–water partition coefficient (Wildman–Crippen LogP) is 3.57. The Labute approximate surface area is 120 Å². The molecule has 0 radical (unpaired) electrons. The topological polar surface area (TPSA) is 43.8 Å². The van der Waals surface area contributed by atoms with Crippen molar-refractivity contribution < 1.29 is 0 Å². The molecule has 0 amide bonds. The number of hydrogen-bond acceptors (Lipinski definition) is 2. The Morgan fingerprint density at radius 1 is 1.50 bits per heavy atom. The summed E-state index contributed by atoms with van der Waals surface area (Å²) in [6.45, 7) is 2.09. The van der Waals surface area contributed by atoms with Crippen molar-refractivity contribution in [2.75, 3.05) is 0 Å². The van der Waals surface area contributed by atoms with Gasteiger partial charge in [0.1, 0.15) is 0 Å². The minimum atomic E-state index is 0.156. The maximum atomic E-state index is 6.06. The smallest absolute Gasteiger partial charge is 0.0693 e. The summed E-state index contributed by atoms with van der Waals surface area (Å²) in [6.07, 6.45) is 5.43. The Kier molecular flexibility index (Phi) is 4.43. The zero-order valence-corrected chi connectivity index (χ0v) is 12.4. The van der Waals surface area contributed by atoms with Crippen molar-refractivity contribution >= 4 is 27.5 Å². The monoisotopic (exact) mass is 327 g/mol. The van der Waals surface area contributed by atoms with Crippen LogP contribution in [0.5, 0.6) is 0 Å². The quantitative estimate of drug-likeness (QED) is 0.932. The highest BCUT2D eigenvalue weighted by molar-refractivity contribution is 9.10. The first-order valence-corrected chi connectivity index (χ1v) is 7.01. The molecule has 0 aliphatic rings. The van der Waals surface area contributed by atoms with Crippen LogP contribution in [0.15, 0.2) is 35.1 Å². The van der Waals surface area contributed by atoms with Gasteiger partial charge in [-0.1, -0.05) is 24.6 Å². The second-order valence-electron chi connectivity index (χ2n) is 4.25. The molecule has 0 aliphatic carbocycles. The molecule has 1 atom stereocenters. The van der Waals surface area contributed by atoms with E-state index in [-0.39, 0.29) is 6.04 Å². The molecule has 0 fully saturated rings. The molecule has 2 rings (SSSR count). The maximum Gasteiger partial charge on any atom is 0.0693 e. The van der Waals surface area contributed by atoms with Gasteiger partial charge in [-0.15, -0.1) is 0 Å². The molecule has 1 aromatic carbocycles. The SMILES string of the molecule is CCC(N)Cc1ccc(Cl)cc1-n1cc(Br)cn1. The number of nitrogens with two attached hydrogens (primary N) is 1. The summed E-state index contributed by atoms with van der Waals surface area (Å²) in [5.41, 5.74) is 8.16. The third-order valence-corrected chi connectivity index (χ3v) is 3.50. The molecule has 0 spiro atoms. The summed E-state index contributed by atoms with van der Waals surface area (Å²) in [7, 11) is 0. The number of rotatable bonds is 4. The summed E-state index contributed by atoms with van der Waals surface area (Å²) in [6, 6.07) is 5.98. The number of aromatic nitrogens is 2. The van der Waals surface area contributed by atoms with Gasteiger partial charge in [-0.25, -0.2) is 4.68 Å². The molecule has 2 N–H and O–H groups in total. The van der Waals surface area contributed by atoms with Crippen molar-refractivity contribution in [1.82, 2.24) is 9.78 Å². The average molecular weight is 329 g/mol. The van der Waals surface area contributed by atoms with Gasteiger partial charge in [-0.3, -0.25) is 0 Å². The van der Waals surface area contributed by atoms with Gasteiger partial charge < -0.3 is 5.73 Å². The van der Waals surface area contributed by atoms with Crippen molar-refractivity contribution in [3.63, 3.8) is 0 Å². The molecule has 0 aliphatic heterocycles. The molecule has 1 aromatic heterocycles. The van der Waals surface area contributed by atoms with Crippen LogP contribution >= 0.6 is 27.5 Å². The lowest BCUT2D eigenvalue weighted by Crippen LogP contribution is -2.22. The van der Waals surface area contributed by atoms with E-state index in [2.05, 4.69) is 28.0 Å². The van der Waals surface area contributed by atoms with E-state index in [1.807, 2.05) is 29.1 Å². The summed E-state index contributed by atoms with van der Waals surface area (Å²) in [4.78, 5) is 0. The fourth-order valence-electron chi connectivity index (χ4n) is 1.78. The first-order valence-electron chi connectivity index (χ1n) is 5.84. The fourth-order valence-corrected chi connectivity index (χ4v) is 2.23. The zero-order chi connectivity index (χ0) is 13.1. The summed E-state index contributed by atoms with van der Waals surface area (Å²) >= 11 is 9.46. The molecule has 96 valence electrons. The van der Waals surface area contributed by atoms with Crippen molar-refractivity contribution in [1.29, 1.82) is 0 Å². The van der Waals surface area contributed by atoms with E-state index < -0.39 is 0 Å². The van der Waals surface area contributed by atoms with E-state index in [9.17, 15) is 0 Å². The van der Waals surface area contributed by atoms with Crippen molar-refractivity contribution in [2.45, 2.75) is 25.8 Å². The summed E-state index contributed by atoms with van der Waals surface area (Å²) in [5, 5.41) is 4.99. The Balaban J connectivity index is 2.40. The molecular formula is C13H15BrClN3. The standard InChI is InChI=1S/C13H15BrClN3/c1-2-12(16)5-9-3-4-11(15)6-13(9)18-8-10(14)7-17-18/h3-4,6-8,12H,2,5,16H2,1H3. The van der Waals surface area contributed by atoms with Gasteiger partial charge >= 0.3 is 0 Å². The molecule has 3 nitrogen and oxygen atoms in total. The highest BCUT2D eigenvalue weighted by atomic mass is 79.9. The van der Waals surface area contributed by atoms with Gasteiger partial charge in [-0.2, -0.15) is 5.10 Å². The van der Waals surface area contributed by atoms with Crippen LogP contribution in [-0.4, -0.2) is 15.8 Å². The average Bonchev–Trinajstić information content (AvgIpc) is 2.78. The Hall–Kier alpha value is -0.840. The van der Waals surface area contributed by atoms with E-state index in [4.69, 9.17) is 17.3 Å². The molecule has 2 aromatic rings. The Morgan fingerprint density at radius 2 is 2.28 bits per heavy atom. The van der Waals surface area contributed by atoms with E-state index >= 15 is 0 Å². The fraction of sp³-hybridized carbons (Fsp3) is 0.308. The van der Waals surface area contributed by atoms with Crippen LogP contribution in [0.4, 0.5) is 0 Å². The first-order chi connectivity index (χ1) is 8.60. The van der Waals surface area contributed by atoms with Gasteiger partial charge in [0.15, 0.2) is 0 Å². The molecule has 1 heterocycles. The van der Waals surface area contributed by atoms with Crippen LogP contribution in [0.3, 0.4) is 0 Å². The molecular weight excluding hydrogens is 314 g/mol. The van der Waals surface area contributed by atoms with E-state index in [0.717, 1.165) is 28.6 Å². The number of halogens is 2. The van der Waals surface area contributed by atoms with Gasteiger partial charge in [0.25, 0.3) is 0 Å². The van der Waals surface area contributed by atoms with Crippen LogP contribution in [0.2, 0.25) is 5.02 Å². The summed E-state index contributed by atoms with van der Waals surface area (Å²) < 4.78 is 2.75. The first kappa shape index (κ1) is 13.6. The third-order valence-electron chi connectivity index (χ3n) is 2.85. The second-order valence-corrected chi connectivity index (χ2v) is 5.60. The minimum absolute atomic E-state index is 0.156. The zero-order valence-electron chi connectivity index (χ0n) is 10.1. The van der Waals surface area contributed by atoms with Crippen molar-refractivity contribution in [2.24, 2.45) is 5.73 Å². The lowest BCUT2D eigenvalue weighted by molar-refractivity contribution is 0.642. The lowest BCUT2D eigenvalue weighted by atomic mass is 10.0. The van der Waals surface area contributed by atoms with Gasteiger partial charge in [0, 0.05) is 17.3 Å². The normalized spacial score (nSPS) is 12.7. The molecule has 5 heteroatoms. The minimum Gasteiger partial charge on any atom is -0.327 e. The predicted molar refractivity (Wildman–Crippen MR) is 78.2 cm³/mol. The van der Waals surface area contributed by atoms with Crippen molar-refractivity contribution in [3.05, 3.63) is 45.7 Å². The Bertz CT molecular complexity index is 539. The number of benzene rings is 1. The van der Waals surface area contributed by atoms with Crippen LogP contribution in [0.25, 0.3) is 5.69 Å². The van der Waals surface area contributed by atoms with Gasteiger partial charge in [0.2, 0.25) is 0 Å². The van der Waals surface area contributed by atoms with Crippen LogP contribution < -0.4 is 5.73 Å². The van der Waals surface area contributed by atoms with E-state index in [0.29, 0.717) is 5.02 Å². The van der Waals surface area contributed by atoms with E-state index in [1.165, 1.54) is 0 Å². The van der Waals surface area contributed by atoms with Gasteiger partial charge in [-0.05, 0) is 46.5 Å². The molecule has 0 bridgehead atoms. The number of nitrogens with zero attached hydrogens (tertiary/aromatic N) is 2. The van der Waals surface area contributed by atoms with Crippen molar-refractivity contribution in [3.8, 4) is 5.69 Å². The molecule has 0 saturated heterocycles. The van der Waals surface area contributed by atoms with Crippen LogP contribution in [0.1, 0.15) is 18.9 Å². The second kappa shape index (κ2) is 5.87.